The largest absolute Gasteiger partial charge is 0.312 e. The molecule has 0 saturated heterocycles. The van der Waals surface area contributed by atoms with Crippen LogP contribution in [0, 0.1) is 0 Å². The van der Waals surface area contributed by atoms with E-state index in [1.54, 1.807) is 12.1 Å². The second-order valence-electron chi connectivity index (χ2n) is 4.10. The lowest BCUT2D eigenvalue weighted by Crippen LogP contribution is -2.29. The van der Waals surface area contributed by atoms with Crippen molar-refractivity contribution in [2.45, 2.75) is 24.5 Å². The Hall–Kier alpha value is -0.173. The Bertz CT molecular complexity index is 433. The van der Waals surface area contributed by atoms with Crippen LogP contribution in [0.2, 0.25) is 19.6 Å². The van der Waals surface area contributed by atoms with E-state index in [0.717, 1.165) is 4.47 Å². The quantitative estimate of drug-likeness (QED) is 0.806. The molecule has 1 rings (SSSR count). The third kappa shape index (κ3) is 4.06. The van der Waals surface area contributed by atoms with Crippen LogP contribution in [0.15, 0.2) is 33.6 Å². The summed E-state index contributed by atoms with van der Waals surface area (Å²) in [6, 6.07) is 6.42. The molecule has 0 fully saturated rings. The van der Waals surface area contributed by atoms with Gasteiger partial charge in [-0.2, -0.15) is 8.42 Å². The van der Waals surface area contributed by atoms with Crippen molar-refractivity contribution in [1.29, 1.82) is 0 Å². The Morgan fingerprint density at radius 3 is 2.00 bits per heavy atom. The molecule has 0 saturated carbocycles. The van der Waals surface area contributed by atoms with E-state index in [2.05, 4.69) is 15.9 Å². The lowest BCUT2D eigenvalue weighted by Gasteiger charge is -2.16. The summed E-state index contributed by atoms with van der Waals surface area (Å²) >= 11 is 3.25. The highest BCUT2D eigenvalue weighted by Crippen LogP contribution is 2.19. The smallest absolute Gasteiger partial charge is 0.287 e. The average Bonchev–Trinajstić information content (AvgIpc) is 2.00. The second kappa shape index (κ2) is 4.37. The summed E-state index contributed by atoms with van der Waals surface area (Å²) in [4.78, 5) is 0.202. The molecule has 0 atom stereocenters. The third-order valence-corrected chi connectivity index (χ3v) is 5.72. The zero-order chi connectivity index (χ0) is 11.7. The SMILES string of the molecule is C[Si](C)(C)OS(=O)(=O)c1ccc(Br)cc1. The Labute approximate surface area is 99.8 Å². The van der Waals surface area contributed by atoms with Crippen molar-refractivity contribution in [1.82, 2.24) is 0 Å². The van der Waals surface area contributed by atoms with Crippen molar-refractivity contribution in [3.63, 3.8) is 0 Å². The van der Waals surface area contributed by atoms with Crippen LogP contribution in [0.3, 0.4) is 0 Å². The van der Waals surface area contributed by atoms with Crippen LogP contribution in [0.1, 0.15) is 0 Å². The summed E-state index contributed by atoms with van der Waals surface area (Å²) in [6.07, 6.45) is 0. The van der Waals surface area contributed by atoms with Gasteiger partial charge in [-0.1, -0.05) is 15.9 Å². The zero-order valence-electron chi connectivity index (χ0n) is 8.82. The monoisotopic (exact) mass is 308 g/mol. The number of benzene rings is 1. The molecule has 1 aromatic rings. The first-order valence-corrected chi connectivity index (χ1v) is 10.0. The predicted molar refractivity (Wildman–Crippen MR) is 65.8 cm³/mol. The summed E-state index contributed by atoms with van der Waals surface area (Å²) in [5, 5.41) is 0. The number of rotatable bonds is 3. The van der Waals surface area contributed by atoms with E-state index in [1.165, 1.54) is 12.1 Å². The van der Waals surface area contributed by atoms with E-state index in [-0.39, 0.29) is 4.90 Å². The van der Waals surface area contributed by atoms with Gasteiger partial charge in [0.25, 0.3) is 10.1 Å². The minimum atomic E-state index is -3.59. The highest BCUT2D eigenvalue weighted by atomic mass is 79.9. The molecular formula is C9H13BrO3SSi. The van der Waals surface area contributed by atoms with Gasteiger partial charge < -0.3 is 3.87 Å². The van der Waals surface area contributed by atoms with Crippen LogP contribution in [-0.2, 0) is 14.0 Å². The molecule has 0 heterocycles. The van der Waals surface area contributed by atoms with Crippen molar-refractivity contribution in [3.05, 3.63) is 28.7 Å². The molecule has 0 aromatic heterocycles. The van der Waals surface area contributed by atoms with Gasteiger partial charge in [0.05, 0.1) is 4.90 Å². The van der Waals surface area contributed by atoms with Gasteiger partial charge in [0.15, 0.2) is 0 Å². The van der Waals surface area contributed by atoms with Gasteiger partial charge in [0.2, 0.25) is 8.32 Å². The van der Waals surface area contributed by atoms with Gasteiger partial charge in [0, 0.05) is 4.47 Å². The van der Waals surface area contributed by atoms with Gasteiger partial charge >= 0.3 is 0 Å². The van der Waals surface area contributed by atoms with E-state index in [1.807, 2.05) is 19.6 Å². The molecule has 15 heavy (non-hydrogen) atoms. The first-order chi connectivity index (χ1) is 6.71. The molecule has 3 nitrogen and oxygen atoms in total. The molecule has 0 radical (unpaired) electrons. The fourth-order valence-corrected chi connectivity index (χ4v) is 4.73. The van der Waals surface area contributed by atoms with E-state index >= 15 is 0 Å². The van der Waals surface area contributed by atoms with Crippen LogP contribution in [-0.4, -0.2) is 16.7 Å². The third-order valence-electron chi connectivity index (χ3n) is 1.46. The number of halogens is 1. The molecule has 84 valence electrons. The van der Waals surface area contributed by atoms with Crippen LogP contribution >= 0.6 is 15.9 Å². The molecule has 0 aliphatic heterocycles. The Morgan fingerprint density at radius 2 is 1.60 bits per heavy atom. The number of hydrogen-bond acceptors (Lipinski definition) is 3. The molecule has 0 spiro atoms. The van der Waals surface area contributed by atoms with Crippen molar-refractivity contribution in [2.24, 2.45) is 0 Å². The summed E-state index contributed by atoms with van der Waals surface area (Å²) in [5.74, 6) is 0. The minimum Gasteiger partial charge on any atom is -0.312 e. The lowest BCUT2D eigenvalue weighted by atomic mass is 10.4. The average molecular weight is 309 g/mol. The topological polar surface area (TPSA) is 43.4 Å². The van der Waals surface area contributed by atoms with Crippen molar-refractivity contribution >= 4 is 34.4 Å². The summed E-state index contributed by atoms with van der Waals surface area (Å²) in [6.45, 7) is 5.51. The maximum absolute atomic E-state index is 11.8. The lowest BCUT2D eigenvalue weighted by molar-refractivity contribution is 0.485. The molecule has 0 aliphatic rings. The minimum absolute atomic E-state index is 0.202. The number of hydrogen-bond donors (Lipinski definition) is 0. The first-order valence-electron chi connectivity index (χ1n) is 4.42. The van der Waals surface area contributed by atoms with E-state index in [0.29, 0.717) is 0 Å². The van der Waals surface area contributed by atoms with E-state index < -0.39 is 18.4 Å². The first kappa shape index (κ1) is 12.9. The van der Waals surface area contributed by atoms with Gasteiger partial charge in [-0.25, -0.2) is 0 Å². The zero-order valence-corrected chi connectivity index (χ0v) is 12.2. The van der Waals surface area contributed by atoms with Crippen molar-refractivity contribution in [2.75, 3.05) is 0 Å². The van der Waals surface area contributed by atoms with E-state index in [4.69, 9.17) is 3.87 Å². The highest BCUT2D eigenvalue weighted by molar-refractivity contribution is 9.10. The molecule has 0 bridgehead atoms. The Morgan fingerprint density at radius 1 is 1.13 bits per heavy atom. The maximum Gasteiger partial charge on any atom is 0.287 e. The van der Waals surface area contributed by atoms with Crippen molar-refractivity contribution in [3.8, 4) is 0 Å². The van der Waals surface area contributed by atoms with Crippen LogP contribution in [0.25, 0.3) is 0 Å². The van der Waals surface area contributed by atoms with Gasteiger partial charge in [-0.3, -0.25) is 0 Å². The van der Waals surface area contributed by atoms with Crippen LogP contribution in [0.5, 0.6) is 0 Å². The summed E-state index contributed by atoms with van der Waals surface area (Å²) < 4.78 is 29.5. The molecule has 0 N–H and O–H groups in total. The second-order valence-corrected chi connectivity index (χ2v) is 11.3. The Kier molecular flexibility index (Phi) is 3.75. The molecule has 0 amide bonds. The summed E-state index contributed by atoms with van der Waals surface area (Å²) in [5.41, 5.74) is 0. The van der Waals surface area contributed by atoms with Gasteiger partial charge in [-0.15, -0.1) is 0 Å². The molecule has 1 aromatic carbocycles. The molecule has 0 aliphatic carbocycles. The molecular weight excluding hydrogens is 296 g/mol. The molecule has 0 unspecified atom stereocenters. The van der Waals surface area contributed by atoms with Crippen molar-refractivity contribution < 1.29 is 12.3 Å². The molecule has 6 heteroatoms. The standard InChI is InChI=1S/C9H13BrO3SSi/c1-15(2,3)13-14(11,12)9-6-4-8(10)5-7-9/h4-7H,1-3H3. The summed E-state index contributed by atoms with van der Waals surface area (Å²) in [7, 11) is -5.68. The predicted octanol–water partition coefficient (Wildman–Crippen LogP) is 2.99. The Balaban J connectivity index is 3.02. The van der Waals surface area contributed by atoms with Crippen LogP contribution < -0.4 is 0 Å². The maximum atomic E-state index is 11.8. The normalized spacial score (nSPS) is 12.8. The van der Waals surface area contributed by atoms with Gasteiger partial charge in [0.1, 0.15) is 0 Å². The highest BCUT2D eigenvalue weighted by Gasteiger charge is 2.25. The fourth-order valence-electron chi connectivity index (χ4n) is 0.978. The van der Waals surface area contributed by atoms with Gasteiger partial charge in [-0.05, 0) is 43.9 Å². The van der Waals surface area contributed by atoms with Crippen LogP contribution in [0.4, 0.5) is 0 Å². The van der Waals surface area contributed by atoms with E-state index in [9.17, 15) is 8.42 Å². The fraction of sp³-hybridized carbons (Fsp3) is 0.333.